The highest BCUT2D eigenvalue weighted by atomic mass is 127. The number of carbonyl (C=O) groups is 1. The van der Waals surface area contributed by atoms with Gasteiger partial charge >= 0.3 is 5.97 Å². The van der Waals surface area contributed by atoms with Crippen LogP contribution in [-0.4, -0.2) is 12.6 Å². The Hall–Kier alpha value is -0.610. The molecule has 1 aromatic carbocycles. The summed E-state index contributed by atoms with van der Waals surface area (Å²) in [4.78, 5) is 11.4. The lowest BCUT2D eigenvalue weighted by atomic mass is 10.1. The quantitative estimate of drug-likeness (QED) is 0.585. The molecule has 0 heterocycles. The number of esters is 1. The fourth-order valence-corrected chi connectivity index (χ4v) is 2.98. The van der Waals surface area contributed by atoms with Crippen LogP contribution in [0.15, 0.2) is 16.6 Å². The molecule has 0 spiro atoms. The van der Waals surface area contributed by atoms with Gasteiger partial charge in [-0.15, -0.1) is 0 Å². The first-order valence-electron chi connectivity index (χ1n) is 4.62. The highest BCUT2D eigenvalue weighted by Crippen LogP contribution is 2.25. The number of hydrogen-bond donors (Lipinski definition) is 0. The van der Waals surface area contributed by atoms with Gasteiger partial charge in [-0.3, -0.25) is 4.79 Å². The van der Waals surface area contributed by atoms with Gasteiger partial charge in [0.05, 0.1) is 24.7 Å². The van der Waals surface area contributed by atoms with Crippen LogP contribution in [0.1, 0.15) is 18.1 Å². The Balaban J connectivity index is 2.98. The monoisotopic (exact) mass is 393 g/mol. The molecule has 0 aliphatic rings. The van der Waals surface area contributed by atoms with E-state index in [9.17, 15) is 4.79 Å². The molecule has 16 heavy (non-hydrogen) atoms. The van der Waals surface area contributed by atoms with E-state index in [-0.39, 0.29) is 12.4 Å². The minimum Gasteiger partial charge on any atom is -0.466 e. The first-order chi connectivity index (χ1) is 7.58. The molecule has 0 aromatic heterocycles. The lowest BCUT2D eigenvalue weighted by molar-refractivity contribution is -0.142. The number of halogens is 2. The molecule has 3 nitrogen and oxygen atoms in total. The first kappa shape index (κ1) is 13.5. The first-order valence-corrected chi connectivity index (χ1v) is 6.49. The van der Waals surface area contributed by atoms with Gasteiger partial charge in [-0.2, -0.15) is 5.26 Å². The van der Waals surface area contributed by atoms with Crippen molar-refractivity contribution in [1.82, 2.24) is 0 Å². The van der Waals surface area contributed by atoms with Gasteiger partial charge in [0.1, 0.15) is 0 Å². The van der Waals surface area contributed by atoms with Crippen molar-refractivity contribution in [3.63, 3.8) is 0 Å². The number of hydrogen-bond acceptors (Lipinski definition) is 3. The van der Waals surface area contributed by atoms with Crippen molar-refractivity contribution in [2.24, 2.45) is 0 Å². The van der Waals surface area contributed by atoms with Crippen molar-refractivity contribution in [3.05, 3.63) is 31.3 Å². The van der Waals surface area contributed by atoms with E-state index in [2.05, 4.69) is 44.6 Å². The summed E-state index contributed by atoms with van der Waals surface area (Å²) in [7, 11) is 0. The number of carbonyl (C=O) groups excluding carboxylic acids is 1. The molecule has 0 bridgehead atoms. The zero-order valence-electron chi connectivity index (χ0n) is 8.59. The third kappa shape index (κ3) is 3.46. The van der Waals surface area contributed by atoms with Gasteiger partial charge in [0, 0.05) is 8.04 Å². The summed E-state index contributed by atoms with van der Waals surface area (Å²) >= 11 is 5.46. The maximum atomic E-state index is 11.4. The number of nitrogens with zero attached hydrogens (tertiary/aromatic N) is 1. The molecule has 0 amide bonds. The number of benzene rings is 1. The van der Waals surface area contributed by atoms with E-state index in [1.165, 1.54) is 0 Å². The van der Waals surface area contributed by atoms with Crippen LogP contribution in [0.2, 0.25) is 0 Å². The Bertz CT molecular complexity index is 431. The number of rotatable bonds is 3. The fraction of sp³-hybridized carbons (Fsp3) is 0.273. The summed E-state index contributed by atoms with van der Waals surface area (Å²) in [6.45, 7) is 2.15. The molecule has 1 aromatic rings. The third-order valence-corrected chi connectivity index (χ3v) is 3.57. The lowest BCUT2D eigenvalue weighted by Crippen LogP contribution is -2.09. The van der Waals surface area contributed by atoms with Crippen LogP contribution in [0.25, 0.3) is 0 Å². The molecule has 0 aliphatic heterocycles. The maximum Gasteiger partial charge on any atom is 0.310 e. The van der Waals surface area contributed by atoms with E-state index < -0.39 is 0 Å². The highest BCUT2D eigenvalue weighted by Gasteiger charge is 2.12. The van der Waals surface area contributed by atoms with Crippen LogP contribution in [-0.2, 0) is 16.0 Å². The zero-order valence-corrected chi connectivity index (χ0v) is 12.3. The Morgan fingerprint density at radius 2 is 2.31 bits per heavy atom. The smallest absolute Gasteiger partial charge is 0.310 e. The zero-order chi connectivity index (χ0) is 12.1. The molecule has 0 atom stereocenters. The van der Waals surface area contributed by atoms with Gasteiger partial charge in [-0.1, -0.05) is 15.9 Å². The molecule has 0 saturated heterocycles. The molecule has 5 heteroatoms. The van der Waals surface area contributed by atoms with Crippen molar-refractivity contribution >= 4 is 44.5 Å². The second kappa shape index (κ2) is 6.21. The van der Waals surface area contributed by atoms with E-state index in [0.29, 0.717) is 12.2 Å². The van der Waals surface area contributed by atoms with Crippen molar-refractivity contribution in [2.75, 3.05) is 6.61 Å². The molecule has 0 N–H and O–H groups in total. The molecular formula is C11H9BrINO2. The number of nitriles is 1. The van der Waals surface area contributed by atoms with Crippen molar-refractivity contribution in [3.8, 4) is 6.07 Å². The molecule has 0 aliphatic carbocycles. The van der Waals surface area contributed by atoms with Crippen LogP contribution in [0.3, 0.4) is 0 Å². The predicted molar refractivity (Wildman–Crippen MR) is 71.9 cm³/mol. The van der Waals surface area contributed by atoms with Crippen LogP contribution >= 0.6 is 38.5 Å². The third-order valence-electron chi connectivity index (χ3n) is 1.90. The van der Waals surface area contributed by atoms with Gasteiger partial charge in [0.2, 0.25) is 0 Å². The van der Waals surface area contributed by atoms with E-state index in [1.807, 2.05) is 0 Å². The molecule has 84 valence electrons. The second-order valence-corrected chi connectivity index (χ2v) is 5.03. The Morgan fingerprint density at radius 1 is 1.62 bits per heavy atom. The molecular weight excluding hydrogens is 385 g/mol. The Morgan fingerprint density at radius 3 is 2.81 bits per heavy atom. The highest BCUT2D eigenvalue weighted by molar-refractivity contribution is 14.1. The van der Waals surface area contributed by atoms with Crippen LogP contribution < -0.4 is 0 Å². The lowest BCUT2D eigenvalue weighted by Gasteiger charge is -2.07. The molecule has 0 unspecified atom stereocenters. The van der Waals surface area contributed by atoms with E-state index in [0.717, 1.165) is 13.6 Å². The van der Waals surface area contributed by atoms with E-state index >= 15 is 0 Å². The second-order valence-electron chi connectivity index (χ2n) is 3.01. The standard InChI is InChI=1S/C11H9BrINO2/c1-2-16-11(15)5-8-9(12)3-7(6-14)4-10(8)13/h3-4H,2,5H2,1H3. The minimum atomic E-state index is -0.258. The van der Waals surface area contributed by atoms with Gasteiger partial charge in [-0.25, -0.2) is 0 Å². The van der Waals surface area contributed by atoms with Gasteiger partial charge < -0.3 is 4.74 Å². The van der Waals surface area contributed by atoms with Crippen LogP contribution in [0.4, 0.5) is 0 Å². The van der Waals surface area contributed by atoms with Crippen molar-refractivity contribution < 1.29 is 9.53 Å². The van der Waals surface area contributed by atoms with Gasteiger partial charge in [0.25, 0.3) is 0 Å². The molecule has 0 saturated carbocycles. The Kier molecular flexibility index (Phi) is 5.22. The summed E-state index contributed by atoms with van der Waals surface area (Å²) in [5.74, 6) is -0.258. The average Bonchev–Trinajstić information content (AvgIpc) is 2.23. The largest absolute Gasteiger partial charge is 0.466 e. The fourth-order valence-electron chi connectivity index (χ4n) is 1.19. The van der Waals surface area contributed by atoms with E-state index in [4.69, 9.17) is 10.00 Å². The summed E-state index contributed by atoms with van der Waals surface area (Å²) in [6.07, 6.45) is 0.221. The van der Waals surface area contributed by atoms with Crippen LogP contribution in [0, 0.1) is 14.9 Å². The minimum absolute atomic E-state index is 0.221. The summed E-state index contributed by atoms with van der Waals surface area (Å²) < 4.78 is 6.54. The predicted octanol–water partition coefficient (Wildman–Crippen LogP) is 3.03. The van der Waals surface area contributed by atoms with Gasteiger partial charge in [-0.05, 0) is 47.2 Å². The number of ether oxygens (including phenoxy) is 1. The summed E-state index contributed by atoms with van der Waals surface area (Å²) in [5, 5.41) is 8.78. The van der Waals surface area contributed by atoms with Crippen molar-refractivity contribution in [1.29, 1.82) is 5.26 Å². The average molecular weight is 394 g/mol. The van der Waals surface area contributed by atoms with Gasteiger partial charge in [0.15, 0.2) is 0 Å². The molecule has 0 radical (unpaired) electrons. The topological polar surface area (TPSA) is 50.1 Å². The maximum absolute atomic E-state index is 11.4. The van der Waals surface area contributed by atoms with Crippen LogP contribution in [0.5, 0.6) is 0 Å². The molecule has 0 fully saturated rings. The Labute approximate surface area is 116 Å². The van der Waals surface area contributed by atoms with E-state index in [1.54, 1.807) is 19.1 Å². The normalized spacial score (nSPS) is 9.62. The SMILES string of the molecule is CCOC(=O)Cc1c(Br)cc(C#N)cc1I. The molecule has 1 rings (SSSR count). The summed E-state index contributed by atoms with van der Waals surface area (Å²) in [6, 6.07) is 5.52. The summed E-state index contributed by atoms with van der Waals surface area (Å²) in [5.41, 5.74) is 1.43. The van der Waals surface area contributed by atoms with Crippen molar-refractivity contribution in [2.45, 2.75) is 13.3 Å².